The summed E-state index contributed by atoms with van der Waals surface area (Å²) >= 11 is 5.90. The molecule has 0 N–H and O–H groups in total. The molecule has 1 aromatic carbocycles. The topological polar surface area (TPSA) is 17.3 Å². The molecule has 3 rings (SSSR count). The highest BCUT2D eigenvalue weighted by atomic mass is 35.5. The minimum Gasteiger partial charge on any atom is -0.300 e. The maximum Gasteiger partial charge on any atom is 0.144 e. The molecule has 4 heteroatoms. The first kappa shape index (κ1) is 10.3. The molecule has 0 aliphatic carbocycles. The van der Waals surface area contributed by atoms with E-state index in [1.54, 1.807) is 24.4 Å². The van der Waals surface area contributed by atoms with E-state index < -0.39 is 0 Å². The van der Waals surface area contributed by atoms with Crippen molar-refractivity contribution in [2.45, 2.75) is 0 Å². The first-order chi connectivity index (χ1) is 8.24. The Balaban J connectivity index is 2.21. The molecule has 0 atom stereocenters. The summed E-state index contributed by atoms with van der Waals surface area (Å²) in [6.45, 7) is 0. The van der Waals surface area contributed by atoms with Gasteiger partial charge in [0.25, 0.3) is 0 Å². The zero-order chi connectivity index (χ0) is 11.8. The molecule has 3 aromatic rings. The Morgan fingerprint density at radius 1 is 1.12 bits per heavy atom. The average molecular weight is 247 g/mol. The highest BCUT2D eigenvalue weighted by Crippen LogP contribution is 2.21. The molecule has 0 saturated heterocycles. The molecule has 0 fully saturated rings. The van der Waals surface area contributed by atoms with E-state index in [4.69, 9.17) is 11.6 Å². The van der Waals surface area contributed by atoms with Crippen LogP contribution in [0, 0.1) is 5.82 Å². The van der Waals surface area contributed by atoms with Crippen LogP contribution in [0.3, 0.4) is 0 Å². The van der Waals surface area contributed by atoms with Gasteiger partial charge in [0.05, 0.1) is 11.7 Å². The molecule has 0 unspecified atom stereocenters. The molecular formula is C13H8ClFN2. The highest BCUT2D eigenvalue weighted by molar-refractivity contribution is 6.30. The largest absolute Gasteiger partial charge is 0.300 e. The molecule has 0 spiro atoms. The number of rotatable bonds is 1. The van der Waals surface area contributed by atoms with Crippen LogP contribution in [-0.4, -0.2) is 9.38 Å². The SMILES string of the molecule is Fc1ccc(-c2ncc3cc(Cl)ccn23)cc1. The Labute approximate surface area is 102 Å². The maximum atomic E-state index is 12.9. The van der Waals surface area contributed by atoms with E-state index in [0.717, 1.165) is 16.9 Å². The summed E-state index contributed by atoms with van der Waals surface area (Å²) in [7, 11) is 0. The molecular weight excluding hydrogens is 239 g/mol. The number of aromatic nitrogens is 2. The van der Waals surface area contributed by atoms with Gasteiger partial charge in [-0.05, 0) is 36.4 Å². The number of pyridine rings is 1. The van der Waals surface area contributed by atoms with Crippen LogP contribution >= 0.6 is 11.6 Å². The van der Waals surface area contributed by atoms with E-state index in [9.17, 15) is 4.39 Å². The van der Waals surface area contributed by atoms with E-state index in [2.05, 4.69) is 4.98 Å². The van der Waals surface area contributed by atoms with Crippen LogP contribution in [0.4, 0.5) is 4.39 Å². The second-order valence-electron chi connectivity index (χ2n) is 3.73. The van der Waals surface area contributed by atoms with Crippen LogP contribution in [-0.2, 0) is 0 Å². The summed E-state index contributed by atoms with van der Waals surface area (Å²) in [4.78, 5) is 4.32. The lowest BCUT2D eigenvalue weighted by atomic mass is 10.2. The summed E-state index contributed by atoms with van der Waals surface area (Å²) in [6, 6.07) is 9.89. The van der Waals surface area contributed by atoms with Crippen molar-refractivity contribution >= 4 is 17.1 Å². The van der Waals surface area contributed by atoms with Gasteiger partial charge >= 0.3 is 0 Å². The summed E-state index contributed by atoms with van der Waals surface area (Å²) < 4.78 is 14.8. The van der Waals surface area contributed by atoms with Gasteiger partial charge in [-0.2, -0.15) is 0 Å². The summed E-state index contributed by atoms with van der Waals surface area (Å²) in [5.74, 6) is 0.523. The molecule has 0 amide bonds. The molecule has 2 aromatic heterocycles. The number of benzene rings is 1. The standard InChI is InChI=1S/C13H8ClFN2/c14-10-5-6-17-12(7-10)8-16-13(17)9-1-3-11(15)4-2-9/h1-8H. The van der Waals surface area contributed by atoms with E-state index in [1.807, 2.05) is 16.7 Å². The van der Waals surface area contributed by atoms with E-state index >= 15 is 0 Å². The van der Waals surface area contributed by atoms with Gasteiger partial charge in [0.1, 0.15) is 11.6 Å². The zero-order valence-corrected chi connectivity index (χ0v) is 9.53. The van der Waals surface area contributed by atoms with Crippen LogP contribution in [0.25, 0.3) is 16.9 Å². The maximum absolute atomic E-state index is 12.9. The van der Waals surface area contributed by atoms with Gasteiger partial charge in [0.2, 0.25) is 0 Å². The molecule has 2 nitrogen and oxygen atoms in total. The molecule has 0 aliphatic rings. The zero-order valence-electron chi connectivity index (χ0n) is 8.77. The number of hydrogen-bond acceptors (Lipinski definition) is 1. The fourth-order valence-corrected chi connectivity index (χ4v) is 1.95. The summed E-state index contributed by atoms with van der Waals surface area (Å²) in [5, 5.41) is 0.669. The van der Waals surface area contributed by atoms with Gasteiger partial charge in [0.15, 0.2) is 0 Å². The minimum atomic E-state index is -0.252. The average Bonchev–Trinajstić information content (AvgIpc) is 2.73. The van der Waals surface area contributed by atoms with Gasteiger partial charge in [0, 0.05) is 16.8 Å². The van der Waals surface area contributed by atoms with Crippen LogP contribution in [0.1, 0.15) is 0 Å². The third-order valence-electron chi connectivity index (χ3n) is 2.60. The summed E-state index contributed by atoms with van der Waals surface area (Å²) in [5.41, 5.74) is 1.78. The Bertz CT molecular complexity index is 673. The molecule has 2 heterocycles. The van der Waals surface area contributed by atoms with E-state index in [1.165, 1.54) is 12.1 Å². The predicted octanol–water partition coefficient (Wildman–Crippen LogP) is 3.79. The quantitative estimate of drug-likeness (QED) is 0.639. The normalized spacial score (nSPS) is 10.9. The molecule has 84 valence electrons. The highest BCUT2D eigenvalue weighted by Gasteiger charge is 2.06. The van der Waals surface area contributed by atoms with Crippen molar-refractivity contribution in [1.82, 2.24) is 9.38 Å². The van der Waals surface area contributed by atoms with Gasteiger partial charge in [-0.15, -0.1) is 0 Å². The predicted molar refractivity (Wildman–Crippen MR) is 65.6 cm³/mol. The Morgan fingerprint density at radius 2 is 1.88 bits per heavy atom. The van der Waals surface area contributed by atoms with Gasteiger partial charge in [-0.25, -0.2) is 9.37 Å². The summed E-state index contributed by atoms with van der Waals surface area (Å²) in [6.07, 6.45) is 3.59. The fraction of sp³-hybridized carbons (Fsp3) is 0. The van der Waals surface area contributed by atoms with Crippen molar-refractivity contribution in [3.05, 3.63) is 59.6 Å². The lowest BCUT2D eigenvalue weighted by Crippen LogP contribution is -1.88. The third-order valence-corrected chi connectivity index (χ3v) is 2.83. The Kier molecular flexibility index (Phi) is 2.34. The van der Waals surface area contributed by atoms with Crippen LogP contribution in [0.2, 0.25) is 5.02 Å². The number of imidazole rings is 1. The molecule has 0 bridgehead atoms. The van der Waals surface area contributed by atoms with Gasteiger partial charge in [-0.1, -0.05) is 11.6 Å². The molecule has 0 saturated carbocycles. The van der Waals surface area contributed by atoms with E-state index in [0.29, 0.717) is 5.02 Å². The fourth-order valence-electron chi connectivity index (χ4n) is 1.79. The third kappa shape index (κ3) is 1.78. The number of hydrogen-bond donors (Lipinski definition) is 0. The lowest BCUT2D eigenvalue weighted by molar-refractivity contribution is 0.628. The van der Waals surface area contributed by atoms with Crippen molar-refractivity contribution in [3.8, 4) is 11.4 Å². The van der Waals surface area contributed by atoms with Gasteiger partial charge in [-0.3, -0.25) is 4.40 Å². The van der Waals surface area contributed by atoms with Crippen LogP contribution in [0.15, 0.2) is 48.8 Å². The lowest BCUT2D eigenvalue weighted by Gasteiger charge is -2.01. The van der Waals surface area contributed by atoms with Crippen molar-refractivity contribution < 1.29 is 4.39 Å². The van der Waals surface area contributed by atoms with Crippen molar-refractivity contribution in [3.63, 3.8) is 0 Å². The number of fused-ring (bicyclic) bond motifs is 1. The minimum absolute atomic E-state index is 0.252. The number of nitrogens with zero attached hydrogens (tertiary/aromatic N) is 2. The van der Waals surface area contributed by atoms with Crippen LogP contribution in [0.5, 0.6) is 0 Å². The molecule has 0 aliphatic heterocycles. The number of halogens is 2. The van der Waals surface area contributed by atoms with Gasteiger partial charge < -0.3 is 0 Å². The van der Waals surface area contributed by atoms with Crippen LogP contribution < -0.4 is 0 Å². The van der Waals surface area contributed by atoms with Crippen molar-refractivity contribution in [2.24, 2.45) is 0 Å². The van der Waals surface area contributed by atoms with Crippen molar-refractivity contribution in [2.75, 3.05) is 0 Å². The first-order valence-electron chi connectivity index (χ1n) is 5.12. The van der Waals surface area contributed by atoms with Crippen molar-refractivity contribution in [1.29, 1.82) is 0 Å². The Morgan fingerprint density at radius 3 is 2.65 bits per heavy atom. The Hall–Kier alpha value is -1.87. The van der Waals surface area contributed by atoms with E-state index in [-0.39, 0.29) is 5.82 Å². The first-order valence-corrected chi connectivity index (χ1v) is 5.50. The second kappa shape index (κ2) is 3.86. The molecule has 17 heavy (non-hydrogen) atoms. The molecule has 0 radical (unpaired) electrons. The monoisotopic (exact) mass is 246 g/mol. The second-order valence-corrected chi connectivity index (χ2v) is 4.16. The smallest absolute Gasteiger partial charge is 0.144 e.